The third-order valence-corrected chi connectivity index (χ3v) is 5.95. The van der Waals surface area contributed by atoms with Gasteiger partial charge < -0.3 is 4.90 Å². The predicted molar refractivity (Wildman–Crippen MR) is 98.5 cm³/mol. The Hall–Kier alpha value is -2.25. The fourth-order valence-electron chi connectivity index (χ4n) is 2.45. The van der Waals surface area contributed by atoms with Gasteiger partial charge in [-0.15, -0.1) is 0 Å². The molecular weight excluding hydrogens is 355 g/mol. The van der Waals surface area contributed by atoms with Gasteiger partial charge in [0.2, 0.25) is 15.9 Å². The average Bonchev–Trinajstić information content (AvgIpc) is 2.61. The lowest BCUT2D eigenvalue weighted by molar-refractivity contribution is -0.130. The molecule has 0 saturated carbocycles. The van der Waals surface area contributed by atoms with Gasteiger partial charge in [0.25, 0.3) is 0 Å². The maximum Gasteiger partial charge on any atom is 0.242 e. The van der Waals surface area contributed by atoms with Crippen molar-refractivity contribution in [2.75, 3.05) is 21.1 Å². The minimum atomic E-state index is -3.45. The summed E-state index contributed by atoms with van der Waals surface area (Å²) in [4.78, 5) is 14.0. The monoisotopic (exact) mass is 378 g/mol. The van der Waals surface area contributed by atoms with Crippen molar-refractivity contribution in [3.63, 3.8) is 0 Å². The molecule has 0 radical (unpaired) electrons. The number of nitrogens with zero attached hydrogens (tertiary/aromatic N) is 2. The normalized spacial score (nSPS) is 11.6. The van der Waals surface area contributed by atoms with Crippen molar-refractivity contribution in [3.8, 4) is 0 Å². The van der Waals surface area contributed by atoms with Crippen LogP contribution >= 0.6 is 0 Å². The van der Waals surface area contributed by atoms with Crippen LogP contribution in [-0.2, 0) is 27.8 Å². The van der Waals surface area contributed by atoms with E-state index in [9.17, 15) is 17.6 Å². The van der Waals surface area contributed by atoms with Crippen LogP contribution in [0, 0.1) is 5.82 Å². The van der Waals surface area contributed by atoms with Crippen molar-refractivity contribution in [2.24, 2.45) is 0 Å². The number of sulfonamides is 1. The third-order valence-electron chi connectivity index (χ3n) is 4.12. The quantitative estimate of drug-likeness (QED) is 0.744. The fraction of sp³-hybridized carbons (Fsp3) is 0.316. The molecule has 0 saturated heterocycles. The number of benzene rings is 2. The Labute approximate surface area is 154 Å². The summed E-state index contributed by atoms with van der Waals surface area (Å²) in [7, 11) is 1.14. The van der Waals surface area contributed by atoms with Crippen molar-refractivity contribution in [1.82, 2.24) is 9.21 Å². The van der Waals surface area contributed by atoms with Gasteiger partial charge in [-0.1, -0.05) is 30.3 Å². The predicted octanol–water partition coefficient (Wildman–Crippen LogP) is 2.67. The lowest BCUT2D eigenvalue weighted by atomic mass is 10.1. The van der Waals surface area contributed by atoms with Gasteiger partial charge in [-0.2, -0.15) is 0 Å². The van der Waals surface area contributed by atoms with Crippen LogP contribution < -0.4 is 0 Å². The van der Waals surface area contributed by atoms with Gasteiger partial charge in [-0.05, 0) is 30.2 Å². The van der Waals surface area contributed by atoms with Crippen LogP contribution in [0.4, 0.5) is 4.39 Å². The average molecular weight is 378 g/mol. The molecule has 0 unspecified atom stereocenters. The van der Waals surface area contributed by atoms with Crippen LogP contribution in [-0.4, -0.2) is 44.7 Å². The topological polar surface area (TPSA) is 57.7 Å². The van der Waals surface area contributed by atoms with Crippen molar-refractivity contribution < 1.29 is 17.6 Å². The Morgan fingerprint density at radius 3 is 2.19 bits per heavy atom. The summed E-state index contributed by atoms with van der Waals surface area (Å²) >= 11 is 0. The molecule has 7 heteroatoms. The SMILES string of the molecule is CN(Cc1ccccc1F)C(=O)CCc1ccc(S(=O)(=O)N(C)C)cc1. The molecule has 0 aliphatic heterocycles. The Morgan fingerprint density at radius 2 is 1.62 bits per heavy atom. The molecule has 5 nitrogen and oxygen atoms in total. The Bertz CT molecular complexity index is 865. The fourth-order valence-corrected chi connectivity index (χ4v) is 3.35. The minimum absolute atomic E-state index is 0.0988. The van der Waals surface area contributed by atoms with E-state index < -0.39 is 10.0 Å². The lowest BCUT2D eigenvalue weighted by Crippen LogP contribution is -2.26. The summed E-state index contributed by atoms with van der Waals surface area (Å²) in [5, 5.41) is 0. The van der Waals surface area contributed by atoms with E-state index in [0.717, 1.165) is 9.87 Å². The Morgan fingerprint density at radius 1 is 1.00 bits per heavy atom. The number of carbonyl (C=O) groups excluding carboxylic acids is 1. The van der Waals surface area contributed by atoms with Gasteiger partial charge in [0.05, 0.1) is 4.90 Å². The maximum atomic E-state index is 13.7. The highest BCUT2D eigenvalue weighted by Crippen LogP contribution is 2.15. The molecule has 0 heterocycles. The molecule has 0 fully saturated rings. The van der Waals surface area contributed by atoms with Gasteiger partial charge in [0.15, 0.2) is 0 Å². The second-order valence-corrected chi connectivity index (χ2v) is 8.42. The summed E-state index contributed by atoms with van der Waals surface area (Å²) in [6.45, 7) is 0.214. The van der Waals surface area contributed by atoms with Gasteiger partial charge in [0.1, 0.15) is 5.82 Å². The smallest absolute Gasteiger partial charge is 0.242 e. The molecule has 0 atom stereocenters. The van der Waals surface area contributed by atoms with E-state index in [1.54, 1.807) is 37.4 Å². The summed E-state index contributed by atoms with van der Waals surface area (Å²) in [6.07, 6.45) is 0.757. The zero-order valence-corrected chi connectivity index (χ0v) is 16.0. The standard InChI is InChI=1S/C19H23FN2O3S/c1-21(2)26(24,25)17-11-8-15(9-12-17)10-13-19(23)22(3)14-16-6-4-5-7-18(16)20/h4-9,11-12H,10,13-14H2,1-3H3. The molecule has 2 aromatic rings. The molecule has 26 heavy (non-hydrogen) atoms. The van der Waals surface area contributed by atoms with E-state index in [1.807, 2.05) is 0 Å². The van der Waals surface area contributed by atoms with Crippen molar-refractivity contribution in [1.29, 1.82) is 0 Å². The van der Waals surface area contributed by atoms with Crippen LogP contribution in [0.2, 0.25) is 0 Å². The highest BCUT2D eigenvalue weighted by Gasteiger charge is 2.17. The highest BCUT2D eigenvalue weighted by molar-refractivity contribution is 7.89. The van der Waals surface area contributed by atoms with E-state index >= 15 is 0 Å². The number of hydrogen-bond donors (Lipinski definition) is 0. The zero-order valence-electron chi connectivity index (χ0n) is 15.1. The first kappa shape index (κ1) is 20.1. The first-order valence-electron chi connectivity index (χ1n) is 8.20. The van der Waals surface area contributed by atoms with Crippen LogP contribution in [0.1, 0.15) is 17.5 Å². The van der Waals surface area contributed by atoms with E-state index in [1.165, 1.54) is 37.2 Å². The number of hydrogen-bond acceptors (Lipinski definition) is 3. The van der Waals surface area contributed by atoms with Crippen LogP contribution in [0.3, 0.4) is 0 Å². The molecule has 0 aliphatic rings. The van der Waals surface area contributed by atoms with E-state index in [-0.39, 0.29) is 29.6 Å². The summed E-state index contributed by atoms with van der Waals surface area (Å²) in [5.74, 6) is -0.428. The highest BCUT2D eigenvalue weighted by atomic mass is 32.2. The van der Waals surface area contributed by atoms with Crippen molar-refractivity contribution >= 4 is 15.9 Å². The van der Waals surface area contributed by atoms with E-state index in [4.69, 9.17) is 0 Å². The Balaban J connectivity index is 1.94. The second kappa shape index (κ2) is 8.42. The molecule has 1 amide bonds. The van der Waals surface area contributed by atoms with Gasteiger partial charge in [0, 0.05) is 39.7 Å². The number of carbonyl (C=O) groups is 1. The lowest BCUT2D eigenvalue weighted by Gasteiger charge is -2.18. The minimum Gasteiger partial charge on any atom is -0.341 e. The molecule has 2 aromatic carbocycles. The second-order valence-electron chi connectivity index (χ2n) is 6.27. The molecule has 0 spiro atoms. The largest absolute Gasteiger partial charge is 0.341 e. The first-order chi connectivity index (χ1) is 12.2. The molecule has 2 rings (SSSR count). The molecular formula is C19H23FN2O3S. The summed E-state index contributed by atoms with van der Waals surface area (Å²) < 4.78 is 38.9. The van der Waals surface area contributed by atoms with E-state index in [0.29, 0.717) is 12.0 Å². The molecule has 140 valence electrons. The van der Waals surface area contributed by atoms with Crippen LogP contribution in [0.5, 0.6) is 0 Å². The van der Waals surface area contributed by atoms with Crippen LogP contribution in [0.25, 0.3) is 0 Å². The summed E-state index contributed by atoms with van der Waals surface area (Å²) in [6, 6.07) is 12.9. The molecule has 0 aromatic heterocycles. The van der Waals surface area contributed by atoms with Crippen molar-refractivity contribution in [3.05, 3.63) is 65.5 Å². The van der Waals surface area contributed by atoms with E-state index in [2.05, 4.69) is 0 Å². The number of rotatable bonds is 7. The maximum absolute atomic E-state index is 13.7. The number of halogens is 1. The third kappa shape index (κ3) is 4.89. The number of aryl methyl sites for hydroxylation is 1. The number of amides is 1. The van der Waals surface area contributed by atoms with Gasteiger partial charge in [-0.25, -0.2) is 17.1 Å². The van der Waals surface area contributed by atoms with Gasteiger partial charge in [-0.3, -0.25) is 4.79 Å². The molecule has 0 aliphatic carbocycles. The first-order valence-corrected chi connectivity index (χ1v) is 9.64. The van der Waals surface area contributed by atoms with Gasteiger partial charge >= 0.3 is 0 Å². The molecule has 0 N–H and O–H groups in total. The Kier molecular flexibility index (Phi) is 6.50. The zero-order chi connectivity index (χ0) is 19.3. The molecule has 0 bridgehead atoms. The van der Waals surface area contributed by atoms with Crippen molar-refractivity contribution in [2.45, 2.75) is 24.3 Å². The van der Waals surface area contributed by atoms with Crippen LogP contribution in [0.15, 0.2) is 53.4 Å². The summed E-state index contributed by atoms with van der Waals surface area (Å²) in [5.41, 5.74) is 1.34.